The molecular formula is C25H31N3O3S. The van der Waals surface area contributed by atoms with E-state index in [1.165, 1.54) is 10.4 Å². The number of piperidine rings is 1. The summed E-state index contributed by atoms with van der Waals surface area (Å²) in [7, 11) is 3.35. The Bertz CT molecular complexity index is 980. The van der Waals surface area contributed by atoms with E-state index in [1.807, 2.05) is 6.07 Å². The topological polar surface area (TPSA) is 74.6 Å². The Labute approximate surface area is 194 Å². The summed E-state index contributed by atoms with van der Waals surface area (Å²) < 4.78 is 10.7. The molecule has 6 nitrogen and oxygen atoms in total. The highest BCUT2D eigenvalue weighted by Crippen LogP contribution is 2.38. The maximum atomic E-state index is 12.6. The molecule has 2 aromatic rings. The number of likely N-dealkylation sites (tertiary alicyclic amines) is 1. The average molecular weight is 454 g/mol. The summed E-state index contributed by atoms with van der Waals surface area (Å²) >= 11 is 1.58. The first-order valence-corrected chi connectivity index (χ1v) is 12.2. The smallest absolute Gasteiger partial charge is 0.239 e. The fourth-order valence-electron chi connectivity index (χ4n) is 4.79. The minimum absolute atomic E-state index is 0.0108. The third-order valence-electron chi connectivity index (χ3n) is 6.61. The number of methoxy groups -OCH3 is 2. The van der Waals surface area contributed by atoms with Crippen LogP contribution in [-0.4, -0.2) is 44.7 Å². The number of nitrogens with zero attached hydrogens (tertiary/aromatic N) is 2. The summed E-state index contributed by atoms with van der Waals surface area (Å²) in [5, 5.41) is 13.3. The lowest BCUT2D eigenvalue weighted by Crippen LogP contribution is -2.39. The van der Waals surface area contributed by atoms with Gasteiger partial charge in [0.15, 0.2) is 0 Å². The molecule has 170 valence electrons. The van der Waals surface area contributed by atoms with Crippen LogP contribution in [0.3, 0.4) is 0 Å². The van der Waals surface area contributed by atoms with Crippen LogP contribution in [0.15, 0.2) is 18.2 Å². The van der Waals surface area contributed by atoms with E-state index in [0.717, 1.165) is 80.1 Å². The molecule has 0 atom stereocenters. The van der Waals surface area contributed by atoms with Gasteiger partial charge in [-0.3, -0.25) is 9.69 Å². The van der Waals surface area contributed by atoms with E-state index >= 15 is 0 Å². The van der Waals surface area contributed by atoms with E-state index in [2.05, 4.69) is 28.4 Å². The Morgan fingerprint density at radius 2 is 1.91 bits per heavy atom. The third-order valence-corrected chi connectivity index (χ3v) is 7.82. The van der Waals surface area contributed by atoms with Crippen molar-refractivity contribution in [3.8, 4) is 17.6 Å². The molecule has 1 fully saturated rings. The Morgan fingerprint density at radius 1 is 1.19 bits per heavy atom. The summed E-state index contributed by atoms with van der Waals surface area (Å²) in [6.07, 6.45) is 7.43. The maximum absolute atomic E-state index is 12.6. The van der Waals surface area contributed by atoms with Crippen molar-refractivity contribution >= 4 is 22.2 Å². The van der Waals surface area contributed by atoms with Gasteiger partial charge in [-0.2, -0.15) is 5.26 Å². The zero-order chi connectivity index (χ0) is 22.5. The van der Waals surface area contributed by atoms with E-state index in [9.17, 15) is 10.1 Å². The van der Waals surface area contributed by atoms with Gasteiger partial charge in [0.05, 0.1) is 26.3 Å². The average Bonchev–Trinajstić information content (AvgIpc) is 3.39. The summed E-state index contributed by atoms with van der Waals surface area (Å²) in [6, 6.07) is 8.36. The van der Waals surface area contributed by atoms with Crippen LogP contribution in [0, 0.1) is 17.2 Å². The van der Waals surface area contributed by atoms with Gasteiger partial charge < -0.3 is 14.8 Å². The number of rotatable bonds is 8. The second kappa shape index (κ2) is 10.4. The summed E-state index contributed by atoms with van der Waals surface area (Å²) in [5.41, 5.74) is 3.07. The van der Waals surface area contributed by atoms with Crippen molar-refractivity contribution in [1.82, 2.24) is 4.90 Å². The largest absolute Gasteiger partial charge is 0.497 e. The Kier molecular flexibility index (Phi) is 7.33. The summed E-state index contributed by atoms with van der Waals surface area (Å²) in [6.45, 7) is 2.27. The second-order valence-corrected chi connectivity index (χ2v) is 9.81. The molecule has 0 saturated carbocycles. The maximum Gasteiger partial charge on any atom is 0.239 e. The molecule has 1 aliphatic carbocycles. The van der Waals surface area contributed by atoms with Crippen molar-refractivity contribution in [2.75, 3.05) is 39.2 Å². The van der Waals surface area contributed by atoms with E-state index in [-0.39, 0.29) is 5.91 Å². The number of carbonyl (C=O) groups is 1. The van der Waals surface area contributed by atoms with E-state index < -0.39 is 0 Å². The molecule has 7 heteroatoms. The lowest BCUT2D eigenvalue weighted by Gasteiger charge is -2.31. The number of carbonyl (C=O) groups excluding carboxylic acids is 1. The van der Waals surface area contributed by atoms with Crippen LogP contribution in [0.1, 0.15) is 47.3 Å². The van der Waals surface area contributed by atoms with Crippen molar-refractivity contribution in [1.29, 1.82) is 5.26 Å². The van der Waals surface area contributed by atoms with Gasteiger partial charge in [-0.25, -0.2) is 0 Å². The standard InChI is InChI=1S/C25H31N3O3S/c1-30-19-12-18(13-20(14-19)31-2)7-6-17-8-10-28(11-9-17)16-24(29)27-25-22(15-26)21-4-3-5-23(21)32-25/h12-14,17H,3-11,16H2,1-2H3,(H,27,29). The van der Waals surface area contributed by atoms with Gasteiger partial charge in [0.2, 0.25) is 5.91 Å². The van der Waals surface area contributed by atoms with Crippen molar-refractivity contribution in [2.45, 2.75) is 44.9 Å². The zero-order valence-electron chi connectivity index (χ0n) is 18.9. The van der Waals surface area contributed by atoms with Crippen molar-refractivity contribution < 1.29 is 14.3 Å². The molecule has 1 N–H and O–H groups in total. The van der Waals surface area contributed by atoms with Gasteiger partial charge in [-0.15, -0.1) is 11.3 Å². The summed E-state index contributed by atoms with van der Waals surface area (Å²) in [5.74, 6) is 2.31. The van der Waals surface area contributed by atoms with Crippen molar-refractivity contribution in [3.63, 3.8) is 0 Å². The van der Waals surface area contributed by atoms with Crippen LogP contribution < -0.4 is 14.8 Å². The molecule has 1 amide bonds. The molecule has 1 aliphatic heterocycles. The molecule has 4 rings (SSSR count). The predicted molar refractivity (Wildman–Crippen MR) is 127 cm³/mol. The van der Waals surface area contributed by atoms with Crippen molar-refractivity contribution in [3.05, 3.63) is 39.8 Å². The lowest BCUT2D eigenvalue weighted by atomic mass is 9.90. The van der Waals surface area contributed by atoms with Gasteiger partial charge in [0.1, 0.15) is 22.6 Å². The Hall–Kier alpha value is -2.56. The number of anilines is 1. The van der Waals surface area contributed by atoms with E-state index in [1.54, 1.807) is 25.6 Å². The third kappa shape index (κ3) is 5.25. The first-order chi connectivity index (χ1) is 15.6. The molecule has 1 aromatic heterocycles. The van der Waals surface area contributed by atoms with Crippen LogP contribution in [0.5, 0.6) is 11.5 Å². The SMILES string of the molecule is COc1cc(CCC2CCN(CC(=O)Nc3sc4c(c3C#N)CCC4)CC2)cc(OC)c1. The zero-order valence-corrected chi connectivity index (χ0v) is 19.7. The number of aryl methyl sites for hydroxylation is 2. The predicted octanol–water partition coefficient (Wildman–Crippen LogP) is 4.41. The second-order valence-electron chi connectivity index (χ2n) is 8.70. The highest BCUT2D eigenvalue weighted by Gasteiger charge is 2.25. The summed E-state index contributed by atoms with van der Waals surface area (Å²) in [4.78, 5) is 16.1. The molecule has 2 heterocycles. The number of benzene rings is 1. The minimum Gasteiger partial charge on any atom is -0.497 e. The number of fused-ring (bicyclic) bond motifs is 1. The Balaban J connectivity index is 1.23. The Morgan fingerprint density at radius 3 is 2.56 bits per heavy atom. The normalized spacial score (nSPS) is 16.4. The number of hydrogen-bond donors (Lipinski definition) is 1. The van der Waals surface area contributed by atoms with E-state index in [0.29, 0.717) is 18.0 Å². The van der Waals surface area contributed by atoms with Crippen LogP contribution in [-0.2, 0) is 24.1 Å². The fraction of sp³-hybridized carbons (Fsp3) is 0.520. The number of ether oxygens (including phenoxy) is 2. The van der Waals surface area contributed by atoms with Crippen LogP contribution >= 0.6 is 11.3 Å². The number of hydrogen-bond acceptors (Lipinski definition) is 6. The number of thiophene rings is 1. The molecule has 0 bridgehead atoms. The molecule has 0 radical (unpaired) electrons. The van der Waals surface area contributed by atoms with Gasteiger partial charge in [0.25, 0.3) is 0 Å². The van der Waals surface area contributed by atoms with Crippen LogP contribution in [0.25, 0.3) is 0 Å². The molecule has 32 heavy (non-hydrogen) atoms. The number of amides is 1. The highest BCUT2D eigenvalue weighted by molar-refractivity contribution is 7.16. The van der Waals surface area contributed by atoms with Gasteiger partial charge in [-0.05, 0) is 87.2 Å². The van der Waals surface area contributed by atoms with Crippen LogP contribution in [0.2, 0.25) is 0 Å². The van der Waals surface area contributed by atoms with Gasteiger partial charge >= 0.3 is 0 Å². The van der Waals surface area contributed by atoms with Gasteiger partial charge in [0, 0.05) is 10.9 Å². The minimum atomic E-state index is -0.0108. The van der Waals surface area contributed by atoms with Gasteiger partial charge in [-0.1, -0.05) is 0 Å². The lowest BCUT2D eigenvalue weighted by molar-refractivity contribution is -0.117. The first-order valence-electron chi connectivity index (χ1n) is 11.4. The molecule has 2 aliphatic rings. The molecule has 1 saturated heterocycles. The molecule has 0 unspecified atom stereocenters. The number of nitriles is 1. The van der Waals surface area contributed by atoms with E-state index in [4.69, 9.17) is 9.47 Å². The number of nitrogens with one attached hydrogen (secondary N) is 1. The van der Waals surface area contributed by atoms with Crippen LogP contribution in [0.4, 0.5) is 5.00 Å². The monoisotopic (exact) mass is 453 g/mol. The highest BCUT2D eigenvalue weighted by atomic mass is 32.1. The molecule has 1 aromatic carbocycles. The molecular weight excluding hydrogens is 422 g/mol. The molecule has 0 spiro atoms. The first kappa shape index (κ1) is 22.6. The quantitative estimate of drug-likeness (QED) is 0.641. The van der Waals surface area contributed by atoms with Crippen molar-refractivity contribution in [2.24, 2.45) is 5.92 Å². The fourth-order valence-corrected chi connectivity index (χ4v) is 6.05.